The predicted molar refractivity (Wildman–Crippen MR) is 67.2 cm³/mol. The van der Waals surface area contributed by atoms with Gasteiger partial charge in [0.1, 0.15) is 5.52 Å². The first kappa shape index (κ1) is 12.4. The minimum Gasteiger partial charge on any atom is -0.358 e. The van der Waals surface area contributed by atoms with E-state index in [4.69, 9.17) is 11.6 Å². The number of hydrogen-bond donors (Lipinski definition) is 1. The quantitative estimate of drug-likeness (QED) is 0.679. The highest BCUT2D eigenvalue weighted by Gasteiger charge is 2.35. The Kier molecular flexibility index (Phi) is 2.75. The fourth-order valence-corrected chi connectivity index (χ4v) is 2.87. The molecule has 3 rings (SSSR count). The lowest BCUT2D eigenvalue weighted by Crippen LogP contribution is -2.04. The highest BCUT2D eigenvalue weighted by atomic mass is 35.5. The second-order valence-corrected chi connectivity index (χ2v) is 5.02. The SMILES string of the molecule is FC(F)(F)c1ccsc1-c1c[nH]c2cnc(Cl)nc12. The minimum absolute atomic E-state index is 0.00142. The summed E-state index contributed by atoms with van der Waals surface area (Å²) in [4.78, 5) is 10.7. The Morgan fingerprint density at radius 2 is 2.11 bits per heavy atom. The molecule has 1 N–H and O–H groups in total. The Morgan fingerprint density at radius 1 is 1.32 bits per heavy atom. The average Bonchev–Trinajstić information content (AvgIpc) is 2.91. The number of thiophene rings is 1. The van der Waals surface area contributed by atoms with Crippen molar-refractivity contribution in [2.75, 3.05) is 0 Å². The van der Waals surface area contributed by atoms with Crippen LogP contribution in [-0.2, 0) is 6.18 Å². The summed E-state index contributed by atoms with van der Waals surface area (Å²) in [7, 11) is 0. The molecule has 0 spiro atoms. The molecular weight excluding hydrogens is 299 g/mol. The van der Waals surface area contributed by atoms with Gasteiger partial charge in [0.05, 0.1) is 22.2 Å². The second kappa shape index (κ2) is 4.21. The van der Waals surface area contributed by atoms with Crippen molar-refractivity contribution in [2.45, 2.75) is 6.18 Å². The summed E-state index contributed by atoms with van der Waals surface area (Å²) in [6.45, 7) is 0. The molecule has 3 heterocycles. The van der Waals surface area contributed by atoms with Crippen molar-refractivity contribution in [3.05, 3.63) is 34.7 Å². The number of nitrogens with one attached hydrogen (secondary N) is 1. The Hall–Kier alpha value is -1.60. The van der Waals surface area contributed by atoms with E-state index in [0.29, 0.717) is 16.6 Å². The number of H-pyrrole nitrogens is 1. The van der Waals surface area contributed by atoms with Crippen LogP contribution in [0.25, 0.3) is 21.5 Å². The van der Waals surface area contributed by atoms with Crippen LogP contribution in [0.15, 0.2) is 23.8 Å². The molecule has 0 atom stereocenters. The van der Waals surface area contributed by atoms with Gasteiger partial charge in [-0.3, -0.25) is 0 Å². The van der Waals surface area contributed by atoms with Gasteiger partial charge in [-0.1, -0.05) is 0 Å². The van der Waals surface area contributed by atoms with Crippen LogP contribution in [0.5, 0.6) is 0 Å². The minimum atomic E-state index is -4.39. The van der Waals surface area contributed by atoms with Gasteiger partial charge in [-0.15, -0.1) is 11.3 Å². The van der Waals surface area contributed by atoms with Gasteiger partial charge in [0.25, 0.3) is 0 Å². The summed E-state index contributed by atoms with van der Waals surface area (Å²) in [6, 6.07) is 1.06. The van der Waals surface area contributed by atoms with Crippen molar-refractivity contribution in [3.63, 3.8) is 0 Å². The Bertz CT molecular complexity index is 747. The van der Waals surface area contributed by atoms with Crippen LogP contribution in [0.3, 0.4) is 0 Å². The fraction of sp³-hybridized carbons (Fsp3) is 0.0909. The van der Waals surface area contributed by atoms with Gasteiger partial charge in [-0.2, -0.15) is 13.2 Å². The number of rotatable bonds is 1. The molecule has 3 aromatic heterocycles. The van der Waals surface area contributed by atoms with E-state index < -0.39 is 11.7 Å². The van der Waals surface area contributed by atoms with Crippen LogP contribution >= 0.6 is 22.9 Å². The van der Waals surface area contributed by atoms with E-state index in [-0.39, 0.29) is 10.2 Å². The highest BCUT2D eigenvalue weighted by Crippen LogP contribution is 2.42. The Labute approximate surface area is 114 Å². The number of fused-ring (bicyclic) bond motifs is 1. The number of aromatic nitrogens is 3. The van der Waals surface area contributed by atoms with Crippen molar-refractivity contribution in [1.29, 1.82) is 0 Å². The zero-order valence-electron chi connectivity index (χ0n) is 9.12. The van der Waals surface area contributed by atoms with E-state index in [1.165, 1.54) is 17.8 Å². The van der Waals surface area contributed by atoms with Crippen molar-refractivity contribution in [1.82, 2.24) is 15.0 Å². The molecule has 0 aliphatic rings. The van der Waals surface area contributed by atoms with Crippen LogP contribution in [0.4, 0.5) is 13.2 Å². The van der Waals surface area contributed by atoms with E-state index in [2.05, 4.69) is 15.0 Å². The molecule has 0 aromatic carbocycles. The number of halogens is 4. The molecule has 19 heavy (non-hydrogen) atoms. The van der Waals surface area contributed by atoms with E-state index in [1.807, 2.05) is 0 Å². The van der Waals surface area contributed by atoms with Crippen molar-refractivity contribution >= 4 is 34.0 Å². The molecule has 0 fully saturated rings. The van der Waals surface area contributed by atoms with Crippen LogP contribution in [-0.4, -0.2) is 15.0 Å². The third kappa shape index (κ3) is 2.08. The summed E-state index contributed by atoms with van der Waals surface area (Å²) >= 11 is 6.70. The number of nitrogens with zero attached hydrogens (tertiary/aromatic N) is 2. The molecule has 0 bridgehead atoms. The molecule has 3 aromatic rings. The summed E-state index contributed by atoms with van der Waals surface area (Å²) in [6.07, 6.45) is -1.47. The maximum Gasteiger partial charge on any atom is 0.417 e. The standard InChI is InChI=1S/C11H5ClF3N3S/c12-10-17-4-7-8(18-10)5(3-16-7)9-6(1-2-19-9)11(13,14)15/h1-4,16H. The highest BCUT2D eigenvalue weighted by molar-refractivity contribution is 7.13. The van der Waals surface area contributed by atoms with Gasteiger partial charge in [-0.05, 0) is 23.0 Å². The maximum absolute atomic E-state index is 12.9. The average molecular weight is 304 g/mol. The lowest BCUT2D eigenvalue weighted by Gasteiger charge is -2.06. The first-order valence-electron chi connectivity index (χ1n) is 5.11. The fourth-order valence-electron chi connectivity index (χ4n) is 1.80. The summed E-state index contributed by atoms with van der Waals surface area (Å²) in [5.74, 6) is 0. The predicted octanol–water partition coefficient (Wildman–Crippen LogP) is 4.36. The summed E-state index contributed by atoms with van der Waals surface area (Å²) in [5, 5.41) is 1.40. The van der Waals surface area contributed by atoms with E-state index >= 15 is 0 Å². The Balaban J connectivity index is 2.26. The van der Waals surface area contributed by atoms with Gasteiger partial charge in [0.15, 0.2) is 0 Å². The topological polar surface area (TPSA) is 41.6 Å². The molecule has 0 aliphatic heterocycles. The first-order valence-corrected chi connectivity index (χ1v) is 6.37. The molecule has 0 unspecified atom stereocenters. The molecule has 0 saturated carbocycles. The van der Waals surface area contributed by atoms with E-state index in [9.17, 15) is 13.2 Å². The third-order valence-electron chi connectivity index (χ3n) is 2.60. The van der Waals surface area contributed by atoms with Crippen LogP contribution < -0.4 is 0 Å². The Morgan fingerprint density at radius 3 is 2.84 bits per heavy atom. The largest absolute Gasteiger partial charge is 0.417 e. The van der Waals surface area contributed by atoms with Gasteiger partial charge in [0, 0.05) is 11.8 Å². The monoisotopic (exact) mass is 303 g/mol. The maximum atomic E-state index is 12.9. The molecule has 0 saturated heterocycles. The van der Waals surface area contributed by atoms with Crippen LogP contribution in [0, 0.1) is 0 Å². The van der Waals surface area contributed by atoms with E-state index in [0.717, 1.165) is 17.4 Å². The first-order chi connectivity index (χ1) is 8.97. The molecule has 0 amide bonds. The van der Waals surface area contributed by atoms with Crippen LogP contribution in [0.2, 0.25) is 5.28 Å². The number of alkyl halides is 3. The molecular formula is C11H5ClF3N3S. The van der Waals surface area contributed by atoms with Crippen molar-refractivity contribution in [2.24, 2.45) is 0 Å². The zero-order valence-corrected chi connectivity index (χ0v) is 10.7. The lowest BCUT2D eigenvalue weighted by atomic mass is 10.1. The van der Waals surface area contributed by atoms with Gasteiger partial charge in [-0.25, -0.2) is 9.97 Å². The third-order valence-corrected chi connectivity index (χ3v) is 3.73. The number of aromatic amines is 1. The molecule has 8 heteroatoms. The van der Waals surface area contributed by atoms with Gasteiger partial charge in [0.2, 0.25) is 5.28 Å². The van der Waals surface area contributed by atoms with Gasteiger partial charge < -0.3 is 4.98 Å². The van der Waals surface area contributed by atoms with Crippen molar-refractivity contribution in [3.8, 4) is 10.4 Å². The summed E-state index contributed by atoms with van der Waals surface area (Å²) < 4.78 is 38.7. The second-order valence-electron chi connectivity index (χ2n) is 3.76. The molecule has 0 radical (unpaired) electrons. The van der Waals surface area contributed by atoms with E-state index in [1.54, 1.807) is 0 Å². The van der Waals surface area contributed by atoms with Gasteiger partial charge >= 0.3 is 6.18 Å². The van der Waals surface area contributed by atoms with Crippen molar-refractivity contribution < 1.29 is 13.2 Å². The molecule has 98 valence electrons. The normalized spacial score (nSPS) is 12.2. The zero-order chi connectivity index (χ0) is 13.6. The number of hydrogen-bond acceptors (Lipinski definition) is 3. The molecule has 3 nitrogen and oxygen atoms in total. The lowest BCUT2D eigenvalue weighted by molar-refractivity contribution is -0.136. The smallest absolute Gasteiger partial charge is 0.358 e. The van der Waals surface area contributed by atoms with Crippen LogP contribution in [0.1, 0.15) is 5.56 Å². The summed E-state index contributed by atoms with van der Waals surface area (Å²) in [5.41, 5.74) is 0.628. The molecule has 0 aliphatic carbocycles.